The van der Waals surface area contributed by atoms with Crippen molar-refractivity contribution in [2.24, 2.45) is 14.1 Å². The topological polar surface area (TPSA) is 87.1 Å². The number of carbonyl (C=O) groups is 1. The fourth-order valence-corrected chi connectivity index (χ4v) is 8.15. The van der Waals surface area contributed by atoms with Crippen molar-refractivity contribution in [3.63, 3.8) is 0 Å². The number of carboxylic acid groups (broad SMARTS) is 1. The zero-order valence-electron chi connectivity index (χ0n) is 27.1. The van der Waals surface area contributed by atoms with E-state index in [-0.39, 0.29) is 0 Å². The summed E-state index contributed by atoms with van der Waals surface area (Å²) in [6.45, 7) is 4.98. The van der Waals surface area contributed by atoms with Gasteiger partial charge in [-0.1, -0.05) is 48.0 Å². The summed E-state index contributed by atoms with van der Waals surface area (Å²) in [6.07, 6.45) is 2.97. The molecule has 4 heterocycles. The number of aromatic nitrogens is 5. The van der Waals surface area contributed by atoms with Gasteiger partial charge in [0.25, 0.3) is 0 Å². The molecule has 3 aromatic carbocycles. The maximum absolute atomic E-state index is 13.1. The third-order valence-electron chi connectivity index (χ3n) is 9.36. The number of thioether (sulfide) groups is 1. The lowest BCUT2D eigenvalue weighted by Crippen LogP contribution is -2.13. The van der Waals surface area contributed by atoms with E-state index in [0.29, 0.717) is 42.5 Å². The average molecular weight is 668 g/mol. The molecule has 0 aliphatic carbocycles. The van der Waals surface area contributed by atoms with Crippen LogP contribution >= 0.6 is 23.4 Å². The summed E-state index contributed by atoms with van der Waals surface area (Å²) in [5.74, 6) is 1.37. The Morgan fingerprint density at radius 1 is 0.957 bits per heavy atom. The minimum atomic E-state index is -0.942. The van der Waals surface area contributed by atoms with Gasteiger partial charge in [-0.3, -0.25) is 9.36 Å². The fourth-order valence-electron chi connectivity index (χ4n) is 7.10. The second kappa shape index (κ2) is 12.8. The van der Waals surface area contributed by atoms with Crippen LogP contribution in [0.4, 0.5) is 0 Å². The van der Waals surface area contributed by atoms with Crippen molar-refractivity contribution < 1.29 is 14.6 Å². The molecule has 0 amide bonds. The number of aryl methyl sites for hydroxylation is 7. The van der Waals surface area contributed by atoms with Crippen LogP contribution in [0, 0.1) is 13.8 Å². The van der Waals surface area contributed by atoms with E-state index >= 15 is 0 Å². The Labute approximate surface area is 283 Å². The van der Waals surface area contributed by atoms with E-state index in [1.807, 2.05) is 60.1 Å². The van der Waals surface area contributed by atoms with Crippen LogP contribution in [0.25, 0.3) is 32.8 Å². The lowest BCUT2D eigenvalue weighted by atomic mass is 9.98. The molecular formula is C37H38ClN5O3S. The molecule has 0 radical (unpaired) electrons. The molecular weight excluding hydrogens is 630 g/mol. The molecule has 0 spiro atoms. The first-order valence-corrected chi connectivity index (χ1v) is 17.6. The monoisotopic (exact) mass is 667 g/mol. The minimum Gasteiger partial charge on any atom is -0.493 e. The molecule has 7 rings (SSSR count). The fraction of sp³-hybridized carbons (Fsp3) is 0.324. The van der Waals surface area contributed by atoms with Gasteiger partial charge in [-0.05, 0) is 74.2 Å². The number of hydrogen-bond donors (Lipinski definition) is 1. The summed E-state index contributed by atoms with van der Waals surface area (Å²) in [4.78, 5) is 13.1. The molecule has 0 unspecified atom stereocenters. The summed E-state index contributed by atoms with van der Waals surface area (Å²) >= 11 is 8.75. The maximum Gasteiger partial charge on any atom is 0.352 e. The normalized spacial score (nSPS) is 14.5. The first-order chi connectivity index (χ1) is 22.7. The van der Waals surface area contributed by atoms with Gasteiger partial charge in [0, 0.05) is 65.4 Å². The average Bonchev–Trinajstić information content (AvgIpc) is 3.65. The van der Waals surface area contributed by atoms with Crippen molar-refractivity contribution >= 4 is 51.0 Å². The van der Waals surface area contributed by atoms with Crippen LogP contribution in [0.2, 0.25) is 5.02 Å². The van der Waals surface area contributed by atoms with Crippen LogP contribution in [-0.2, 0) is 45.7 Å². The molecule has 242 valence electrons. The third kappa shape index (κ3) is 5.80. The van der Waals surface area contributed by atoms with E-state index in [4.69, 9.17) is 21.4 Å². The Bertz CT molecular complexity index is 2160. The van der Waals surface area contributed by atoms with Crippen molar-refractivity contribution in [1.82, 2.24) is 24.1 Å². The van der Waals surface area contributed by atoms with Crippen molar-refractivity contribution in [1.29, 1.82) is 0 Å². The highest BCUT2D eigenvalue weighted by atomic mass is 35.5. The number of nitrogens with zero attached hydrogens (tertiary/aromatic N) is 5. The summed E-state index contributed by atoms with van der Waals surface area (Å²) < 4.78 is 12.3. The van der Waals surface area contributed by atoms with E-state index in [0.717, 1.165) is 79.8 Å². The smallest absolute Gasteiger partial charge is 0.352 e. The Morgan fingerprint density at radius 3 is 2.57 bits per heavy atom. The number of rotatable bonds is 2. The first kappa shape index (κ1) is 31.4. The number of ether oxygens (including phenoxy) is 1. The van der Waals surface area contributed by atoms with Gasteiger partial charge in [0.15, 0.2) is 0 Å². The molecule has 0 fully saturated rings. The molecule has 3 aromatic heterocycles. The predicted octanol–water partition coefficient (Wildman–Crippen LogP) is 7.94. The molecule has 1 N–H and O–H groups in total. The SMILES string of the molecule is Cc1nn(C)c(C)c1-c1c(Cl)ccc2c3c(C(=O)O)n(c12)CCSCc1cc(n(C)n1)CCc1cc(c2ccccc2c1)OCCC3. The number of hydrogen-bond acceptors (Lipinski definition) is 5. The standard InChI is InChI=1S/C37H38ClN5O3S/c1-22-33(23(2)41(3)39-22)34-31(38)14-13-30-29-10-7-16-46-32-19-24(18-25-8-5-6-9-28(25)32)11-12-27-20-26(40-42(27)4)21-47-17-15-43(35(30)34)36(29)37(44)45/h5-6,8-9,13-14,18-20H,7,10-12,15-17,21H2,1-4H3,(H,44,45). The van der Waals surface area contributed by atoms with Crippen molar-refractivity contribution in [3.8, 4) is 16.9 Å². The van der Waals surface area contributed by atoms with Gasteiger partial charge in [0.05, 0.1) is 28.5 Å². The number of benzene rings is 3. The van der Waals surface area contributed by atoms with Gasteiger partial charge < -0.3 is 14.4 Å². The summed E-state index contributed by atoms with van der Waals surface area (Å²) in [5, 5.41) is 23.9. The predicted molar refractivity (Wildman–Crippen MR) is 190 cm³/mol. The van der Waals surface area contributed by atoms with E-state index < -0.39 is 5.97 Å². The molecule has 8 nitrogen and oxygen atoms in total. The van der Waals surface area contributed by atoms with Crippen LogP contribution in [-0.4, -0.2) is 47.6 Å². The lowest BCUT2D eigenvalue weighted by Gasteiger charge is -2.14. The molecule has 6 aromatic rings. The molecule has 0 saturated carbocycles. The minimum absolute atomic E-state index is 0.314. The lowest BCUT2D eigenvalue weighted by molar-refractivity contribution is 0.0684. The first-order valence-electron chi connectivity index (χ1n) is 16.0. The molecule has 0 atom stereocenters. The Morgan fingerprint density at radius 2 is 1.79 bits per heavy atom. The number of halogens is 1. The summed E-state index contributed by atoms with van der Waals surface area (Å²) in [7, 11) is 3.93. The molecule has 47 heavy (non-hydrogen) atoms. The quantitative estimate of drug-likeness (QED) is 0.202. The second-order valence-electron chi connectivity index (χ2n) is 12.3. The van der Waals surface area contributed by atoms with E-state index in [1.54, 1.807) is 11.8 Å². The molecule has 10 heteroatoms. The molecule has 6 bridgehead atoms. The Kier molecular flexibility index (Phi) is 8.53. The molecule has 1 aliphatic heterocycles. The Balaban J connectivity index is 1.36. The molecule has 1 aliphatic rings. The van der Waals surface area contributed by atoms with E-state index in [2.05, 4.69) is 41.5 Å². The van der Waals surface area contributed by atoms with Crippen LogP contribution < -0.4 is 4.74 Å². The zero-order chi connectivity index (χ0) is 32.8. The van der Waals surface area contributed by atoms with Crippen molar-refractivity contribution in [2.45, 2.75) is 51.8 Å². The second-order valence-corrected chi connectivity index (χ2v) is 13.9. The van der Waals surface area contributed by atoms with Gasteiger partial charge in [-0.2, -0.15) is 22.0 Å². The van der Waals surface area contributed by atoms with Gasteiger partial charge in [0.2, 0.25) is 0 Å². The largest absolute Gasteiger partial charge is 0.493 e. The highest BCUT2D eigenvalue weighted by molar-refractivity contribution is 7.98. The van der Waals surface area contributed by atoms with Crippen molar-refractivity contribution in [2.75, 3.05) is 12.4 Å². The third-order valence-corrected chi connectivity index (χ3v) is 10.6. The molecule has 0 saturated heterocycles. The maximum atomic E-state index is 13.1. The summed E-state index contributed by atoms with van der Waals surface area (Å²) in [6, 6.07) is 18.8. The van der Waals surface area contributed by atoms with Crippen LogP contribution in [0.3, 0.4) is 0 Å². The van der Waals surface area contributed by atoms with Gasteiger partial charge in [-0.15, -0.1) is 0 Å². The van der Waals surface area contributed by atoms with Crippen LogP contribution in [0.15, 0.2) is 54.6 Å². The van der Waals surface area contributed by atoms with Crippen LogP contribution in [0.1, 0.15) is 50.8 Å². The van der Waals surface area contributed by atoms with Gasteiger partial charge >= 0.3 is 5.97 Å². The van der Waals surface area contributed by atoms with Gasteiger partial charge in [-0.25, -0.2) is 4.79 Å². The van der Waals surface area contributed by atoms with E-state index in [1.165, 1.54) is 11.3 Å². The highest BCUT2D eigenvalue weighted by Crippen LogP contribution is 2.42. The number of aromatic carboxylic acids is 1. The number of carboxylic acids is 1. The van der Waals surface area contributed by atoms with E-state index in [9.17, 15) is 9.90 Å². The van der Waals surface area contributed by atoms with Crippen molar-refractivity contribution in [3.05, 3.63) is 99.2 Å². The van der Waals surface area contributed by atoms with Gasteiger partial charge in [0.1, 0.15) is 11.4 Å². The van der Waals surface area contributed by atoms with Crippen LogP contribution in [0.5, 0.6) is 5.75 Å². The number of fused-ring (bicyclic) bond motifs is 11. The zero-order valence-corrected chi connectivity index (χ0v) is 28.7. The highest BCUT2D eigenvalue weighted by Gasteiger charge is 2.27. The summed E-state index contributed by atoms with van der Waals surface area (Å²) in [5.41, 5.74) is 9.01. The Hall–Kier alpha value is -4.21.